The van der Waals surface area contributed by atoms with E-state index in [9.17, 15) is 9.59 Å². The molecule has 2 N–H and O–H groups in total. The van der Waals surface area contributed by atoms with Gasteiger partial charge in [-0.1, -0.05) is 13.8 Å². The molecule has 3 aromatic heterocycles. The molecule has 1 saturated carbocycles. The Morgan fingerprint density at radius 2 is 2.00 bits per heavy atom. The maximum Gasteiger partial charge on any atom is 0.272 e. The van der Waals surface area contributed by atoms with Crippen molar-refractivity contribution >= 4 is 34.3 Å². The molecule has 1 saturated heterocycles. The number of piperidine rings is 1. The van der Waals surface area contributed by atoms with Crippen LogP contribution in [0.3, 0.4) is 0 Å². The van der Waals surface area contributed by atoms with Crippen LogP contribution in [0.15, 0.2) is 23.8 Å². The Kier molecular flexibility index (Phi) is 6.01. The molecule has 34 heavy (non-hydrogen) atoms. The number of amides is 2. The van der Waals surface area contributed by atoms with Gasteiger partial charge in [0.2, 0.25) is 6.41 Å². The number of aromatic nitrogens is 4. The average Bonchev–Trinajstić information content (AvgIpc) is 3.27. The predicted molar refractivity (Wildman–Crippen MR) is 132 cm³/mol. The molecule has 0 spiro atoms. The van der Waals surface area contributed by atoms with Crippen molar-refractivity contribution < 1.29 is 9.59 Å². The number of rotatable bonds is 8. The molecule has 9 nitrogen and oxygen atoms in total. The lowest BCUT2D eigenvalue weighted by molar-refractivity contribution is -0.110. The molecule has 1 aliphatic heterocycles. The van der Waals surface area contributed by atoms with Gasteiger partial charge < -0.3 is 15.5 Å². The van der Waals surface area contributed by atoms with Crippen LogP contribution >= 0.6 is 11.3 Å². The minimum absolute atomic E-state index is 0.0441. The Bertz CT molecular complexity index is 1190. The summed E-state index contributed by atoms with van der Waals surface area (Å²) in [5.74, 6) is 1.90. The monoisotopic (exact) mass is 481 g/mol. The molecule has 3 aromatic rings. The van der Waals surface area contributed by atoms with Gasteiger partial charge in [0.15, 0.2) is 5.82 Å². The van der Waals surface area contributed by atoms with Crippen LogP contribution in [0.5, 0.6) is 0 Å². The van der Waals surface area contributed by atoms with Gasteiger partial charge in [0.1, 0.15) is 16.3 Å². The lowest BCUT2D eigenvalue weighted by atomic mass is 9.87. The zero-order chi connectivity index (χ0) is 23.9. The standard InChI is InChI=1S/C24H31N7O2S/c1-15(2)16(3)27-20-12-19(28-21(29-20)18-13-26-31-10-11-34-23(18)31)22(33)30-8-4-17(5-9-30)24(6-7-24)25-14-32/h10-17H,4-9H2,1-3H3,(H,25,32)(H,27,28,29)/t16-/m1/s1. The number of thiazole rings is 1. The molecule has 0 radical (unpaired) electrons. The fourth-order valence-corrected chi connectivity index (χ4v) is 5.54. The Morgan fingerprint density at radius 1 is 1.24 bits per heavy atom. The van der Waals surface area contributed by atoms with Crippen LogP contribution in [0.4, 0.5) is 5.82 Å². The number of nitrogens with zero attached hydrogens (tertiary/aromatic N) is 5. The molecule has 180 valence electrons. The summed E-state index contributed by atoms with van der Waals surface area (Å²) < 4.78 is 1.80. The van der Waals surface area contributed by atoms with E-state index in [1.54, 1.807) is 28.1 Å². The Balaban J connectivity index is 1.40. The van der Waals surface area contributed by atoms with Crippen LogP contribution in [-0.4, -0.2) is 61.5 Å². The third kappa shape index (κ3) is 4.26. The van der Waals surface area contributed by atoms with Crippen LogP contribution in [0.1, 0.15) is 56.9 Å². The average molecular weight is 482 g/mol. The van der Waals surface area contributed by atoms with Crippen LogP contribution in [0, 0.1) is 11.8 Å². The van der Waals surface area contributed by atoms with Gasteiger partial charge in [0.05, 0.1) is 11.8 Å². The molecule has 0 aromatic carbocycles. The lowest BCUT2D eigenvalue weighted by Gasteiger charge is -2.36. The molecule has 5 rings (SSSR count). The molecule has 1 aliphatic carbocycles. The number of carbonyl (C=O) groups excluding carboxylic acids is 2. The van der Waals surface area contributed by atoms with E-state index < -0.39 is 0 Å². The second-order valence-corrected chi connectivity index (χ2v) is 10.7. The number of fused-ring (bicyclic) bond motifs is 1. The molecule has 2 aliphatic rings. The van der Waals surface area contributed by atoms with Crippen molar-refractivity contribution in [2.45, 2.75) is 58.0 Å². The first-order valence-electron chi connectivity index (χ1n) is 12.0. The number of carbonyl (C=O) groups is 2. The summed E-state index contributed by atoms with van der Waals surface area (Å²) in [7, 11) is 0. The smallest absolute Gasteiger partial charge is 0.272 e. The van der Waals surface area contributed by atoms with Crippen molar-refractivity contribution in [2.75, 3.05) is 18.4 Å². The maximum atomic E-state index is 13.5. The summed E-state index contributed by atoms with van der Waals surface area (Å²) in [4.78, 5) is 36.8. The quantitative estimate of drug-likeness (QED) is 0.478. The van der Waals surface area contributed by atoms with Gasteiger partial charge in [-0.05, 0) is 44.4 Å². The highest BCUT2D eigenvalue weighted by Gasteiger charge is 2.49. The molecule has 0 unspecified atom stereocenters. The van der Waals surface area contributed by atoms with Crippen molar-refractivity contribution in [1.29, 1.82) is 0 Å². The Labute approximate surface area is 203 Å². The summed E-state index contributed by atoms with van der Waals surface area (Å²) in [5, 5.41) is 12.8. The highest BCUT2D eigenvalue weighted by molar-refractivity contribution is 7.16. The number of anilines is 1. The van der Waals surface area contributed by atoms with E-state index in [2.05, 4.69) is 36.5 Å². The summed E-state index contributed by atoms with van der Waals surface area (Å²) in [6, 6.07) is 1.96. The van der Waals surface area contributed by atoms with Crippen molar-refractivity contribution in [2.24, 2.45) is 11.8 Å². The van der Waals surface area contributed by atoms with Crippen molar-refractivity contribution in [3.8, 4) is 11.4 Å². The highest BCUT2D eigenvalue weighted by Crippen LogP contribution is 2.46. The molecular weight excluding hydrogens is 450 g/mol. The topological polar surface area (TPSA) is 105 Å². The van der Waals surface area contributed by atoms with Gasteiger partial charge in [0.25, 0.3) is 5.91 Å². The second kappa shape index (κ2) is 8.98. The van der Waals surface area contributed by atoms with Gasteiger partial charge >= 0.3 is 0 Å². The molecule has 10 heteroatoms. The fraction of sp³-hybridized carbons (Fsp3) is 0.542. The number of likely N-dealkylation sites (tertiary alicyclic amines) is 1. The van der Waals surface area contributed by atoms with Crippen molar-refractivity contribution in [3.63, 3.8) is 0 Å². The van der Waals surface area contributed by atoms with Crippen LogP contribution in [0.2, 0.25) is 0 Å². The third-order valence-corrected chi connectivity index (χ3v) is 8.28. The molecule has 1 atom stereocenters. The largest absolute Gasteiger partial charge is 0.367 e. The van der Waals surface area contributed by atoms with Gasteiger partial charge in [-0.2, -0.15) is 5.10 Å². The minimum Gasteiger partial charge on any atom is -0.367 e. The van der Waals surface area contributed by atoms with Crippen molar-refractivity contribution in [1.82, 2.24) is 29.8 Å². The van der Waals surface area contributed by atoms with Gasteiger partial charge in [-0.15, -0.1) is 11.3 Å². The van der Waals surface area contributed by atoms with E-state index >= 15 is 0 Å². The molecule has 0 bridgehead atoms. The molecular formula is C24H31N7O2S. The Hall–Kier alpha value is -3.01. The first-order valence-corrected chi connectivity index (χ1v) is 12.9. The number of hydrogen-bond donors (Lipinski definition) is 2. The first kappa shape index (κ1) is 22.8. The Morgan fingerprint density at radius 3 is 2.68 bits per heavy atom. The third-order valence-electron chi connectivity index (χ3n) is 7.39. The zero-order valence-electron chi connectivity index (χ0n) is 19.8. The van der Waals surface area contributed by atoms with E-state index in [1.807, 2.05) is 16.5 Å². The summed E-state index contributed by atoms with van der Waals surface area (Å²) >= 11 is 1.57. The fourth-order valence-electron chi connectivity index (χ4n) is 4.75. The molecule has 2 fully saturated rings. The summed E-state index contributed by atoms with van der Waals surface area (Å²) in [5.41, 5.74) is 1.17. The predicted octanol–water partition coefficient (Wildman–Crippen LogP) is 3.44. The van der Waals surface area contributed by atoms with Gasteiger partial charge in [0, 0.05) is 42.3 Å². The number of hydrogen-bond acceptors (Lipinski definition) is 7. The van der Waals surface area contributed by atoms with Crippen molar-refractivity contribution in [3.05, 3.63) is 29.5 Å². The molecule has 2 amide bonds. The van der Waals surface area contributed by atoms with E-state index in [4.69, 9.17) is 9.97 Å². The number of nitrogens with one attached hydrogen (secondary N) is 2. The highest BCUT2D eigenvalue weighted by atomic mass is 32.1. The normalized spacial score (nSPS) is 18.8. The van der Waals surface area contributed by atoms with Crippen LogP contribution < -0.4 is 10.6 Å². The SMILES string of the molecule is CC(C)[C@@H](C)Nc1cc(C(=O)N2CCC(C3(NC=O)CC3)CC2)nc(-c2cnn3ccsc23)n1. The van der Waals surface area contributed by atoms with E-state index in [1.165, 1.54) is 0 Å². The maximum absolute atomic E-state index is 13.5. The van der Waals surface area contributed by atoms with E-state index in [0.717, 1.165) is 42.5 Å². The van der Waals surface area contributed by atoms with E-state index in [0.29, 0.717) is 42.3 Å². The van der Waals surface area contributed by atoms with Gasteiger partial charge in [-0.25, -0.2) is 14.5 Å². The minimum atomic E-state index is -0.0786. The second-order valence-electron chi connectivity index (χ2n) is 9.83. The van der Waals surface area contributed by atoms with Crippen LogP contribution in [0.25, 0.3) is 16.2 Å². The summed E-state index contributed by atoms with van der Waals surface area (Å²) in [6.07, 6.45) is 8.32. The molecule has 4 heterocycles. The van der Waals surface area contributed by atoms with Crippen LogP contribution in [-0.2, 0) is 4.79 Å². The lowest BCUT2D eigenvalue weighted by Crippen LogP contribution is -2.46. The van der Waals surface area contributed by atoms with E-state index in [-0.39, 0.29) is 17.5 Å². The zero-order valence-corrected chi connectivity index (χ0v) is 20.6. The first-order chi connectivity index (χ1) is 16.4. The summed E-state index contributed by atoms with van der Waals surface area (Å²) in [6.45, 7) is 7.74. The van der Waals surface area contributed by atoms with Gasteiger partial charge in [-0.3, -0.25) is 9.59 Å².